The zero-order chi connectivity index (χ0) is 18.9. The molecule has 3 saturated carbocycles. The third kappa shape index (κ3) is 2.71. The van der Waals surface area contributed by atoms with Gasteiger partial charge in [0.2, 0.25) is 0 Å². The normalized spacial score (nSPS) is 48.5. The molecule has 3 fully saturated rings. The maximum atomic E-state index is 12.1. The summed E-state index contributed by atoms with van der Waals surface area (Å²) in [5, 5.41) is 21.0. The van der Waals surface area contributed by atoms with E-state index >= 15 is 0 Å². The van der Waals surface area contributed by atoms with E-state index in [-0.39, 0.29) is 28.8 Å². The van der Waals surface area contributed by atoms with Crippen LogP contribution in [-0.4, -0.2) is 34.0 Å². The molecule has 0 heterocycles. The van der Waals surface area contributed by atoms with Crippen LogP contribution in [-0.2, 0) is 9.53 Å². The van der Waals surface area contributed by atoms with Gasteiger partial charge in [-0.2, -0.15) is 0 Å². The lowest BCUT2D eigenvalue weighted by molar-refractivity contribution is -0.245. The minimum Gasteiger partial charge on any atom is -0.393 e. The van der Waals surface area contributed by atoms with Gasteiger partial charge in [-0.15, -0.1) is 0 Å². The van der Waals surface area contributed by atoms with Crippen molar-refractivity contribution in [2.24, 2.45) is 28.6 Å². The highest BCUT2D eigenvalue weighted by Crippen LogP contribution is 2.65. The zero-order valence-corrected chi connectivity index (χ0v) is 16.6. The Hall–Kier alpha value is -0.710. The number of ether oxygens (including phenoxy) is 1. The molecule has 0 aromatic carbocycles. The Morgan fingerprint density at radius 1 is 1.15 bits per heavy atom. The van der Waals surface area contributed by atoms with Crippen molar-refractivity contribution in [1.29, 1.82) is 0 Å². The van der Waals surface area contributed by atoms with E-state index in [9.17, 15) is 15.0 Å². The van der Waals surface area contributed by atoms with Gasteiger partial charge < -0.3 is 14.9 Å². The summed E-state index contributed by atoms with van der Waals surface area (Å²) >= 11 is 0. The highest BCUT2D eigenvalue weighted by molar-refractivity contribution is 5.91. The number of carbonyl (C=O) groups excluding carboxylic acids is 1. The Morgan fingerprint density at radius 2 is 1.88 bits per heavy atom. The van der Waals surface area contributed by atoms with Crippen molar-refractivity contribution in [2.75, 3.05) is 0 Å². The van der Waals surface area contributed by atoms with Gasteiger partial charge in [-0.05, 0) is 87.0 Å². The van der Waals surface area contributed by atoms with E-state index in [0.29, 0.717) is 24.2 Å². The van der Waals surface area contributed by atoms with Crippen LogP contribution in [0, 0.1) is 28.6 Å². The van der Waals surface area contributed by atoms with Crippen molar-refractivity contribution in [3.8, 4) is 0 Å². The van der Waals surface area contributed by atoms with Crippen molar-refractivity contribution in [1.82, 2.24) is 0 Å². The average molecular weight is 363 g/mol. The smallest absolute Gasteiger partial charge is 0.160 e. The minimum atomic E-state index is -1.19. The Labute approximate surface area is 157 Å². The van der Waals surface area contributed by atoms with Gasteiger partial charge in [0.1, 0.15) is 0 Å². The Morgan fingerprint density at radius 3 is 2.58 bits per heavy atom. The van der Waals surface area contributed by atoms with E-state index in [0.717, 1.165) is 38.5 Å². The van der Waals surface area contributed by atoms with Crippen molar-refractivity contribution in [3.05, 3.63) is 11.6 Å². The quantitative estimate of drug-likeness (QED) is 0.737. The molecule has 4 rings (SSSR count). The van der Waals surface area contributed by atoms with E-state index < -0.39 is 5.79 Å². The zero-order valence-electron chi connectivity index (χ0n) is 16.6. The molecule has 0 spiro atoms. The number of aliphatic hydroxyl groups is 2. The molecule has 4 aliphatic rings. The van der Waals surface area contributed by atoms with Crippen LogP contribution in [0.25, 0.3) is 0 Å². The van der Waals surface area contributed by atoms with E-state index in [4.69, 9.17) is 4.74 Å². The summed E-state index contributed by atoms with van der Waals surface area (Å²) < 4.78 is 6.19. The van der Waals surface area contributed by atoms with Gasteiger partial charge in [0.15, 0.2) is 11.6 Å². The number of fused-ring (bicyclic) bond motifs is 5. The van der Waals surface area contributed by atoms with Gasteiger partial charge in [0.25, 0.3) is 0 Å². The standard InChI is InChI=1S/C22H34O4/c1-20(2,25)26-17-12-13-11-14(23)7-9-21(13,3)16-8-10-22(4)15(19(16)17)5-6-18(22)24/h11,15-19,24-25H,5-10,12H2,1-4H3/t15?,16?,17?,18?,19?,21-,22-/m0/s1. The fourth-order valence-corrected chi connectivity index (χ4v) is 6.96. The fourth-order valence-electron chi connectivity index (χ4n) is 6.96. The molecule has 26 heavy (non-hydrogen) atoms. The summed E-state index contributed by atoms with van der Waals surface area (Å²) in [5.41, 5.74) is 1.25. The van der Waals surface area contributed by atoms with Crippen LogP contribution in [0.15, 0.2) is 11.6 Å². The summed E-state index contributed by atoms with van der Waals surface area (Å²) in [5.74, 6) is 0.279. The summed E-state index contributed by atoms with van der Waals surface area (Å²) in [7, 11) is 0. The van der Waals surface area contributed by atoms with Crippen LogP contribution in [0.2, 0.25) is 0 Å². The second-order valence-electron chi connectivity index (χ2n) is 10.3. The van der Waals surface area contributed by atoms with Crippen molar-refractivity contribution >= 4 is 5.78 Å². The minimum absolute atomic E-state index is 0.0373. The monoisotopic (exact) mass is 362 g/mol. The molecule has 0 radical (unpaired) electrons. The molecule has 5 unspecified atom stereocenters. The molecule has 4 aliphatic carbocycles. The SMILES string of the molecule is CC(C)(O)OC1CC2=CC(=O)CC[C@]2(C)C2CC[C@]3(C)C(O)CCC3C12. The molecule has 4 nitrogen and oxygen atoms in total. The van der Waals surface area contributed by atoms with Crippen LogP contribution in [0.5, 0.6) is 0 Å². The first-order valence-electron chi connectivity index (χ1n) is 10.4. The predicted octanol–water partition coefficient (Wildman–Crippen LogP) is 3.60. The number of aliphatic hydroxyl groups excluding tert-OH is 1. The second-order valence-corrected chi connectivity index (χ2v) is 10.3. The van der Waals surface area contributed by atoms with Crippen LogP contribution in [0.4, 0.5) is 0 Å². The molecule has 0 bridgehead atoms. The molecule has 0 aromatic heterocycles. The van der Waals surface area contributed by atoms with E-state index in [1.807, 2.05) is 6.08 Å². The molecule has 0 aliphatic heterocycles. The first-order valence-corrected chi connectivity index (χ1v) is 10.4. The predicted molar refractivity (Wildman–Crippen MR) is 99.3 cm³/mol. The third-order valence-corrected chi connectivity index (χ3v) is 8.35. The van der Waals surface area contributed by atoms with Crippen LogP contribution >= 0.6 is 0 Å². The Kier molecular flexibility index (Phi) is 4.22. The van der Waals surface area contributed by atoms with Crippen LogP contribution < -0.4 is 0 Å². The topological polar surface area (TPSA) is 66.8 Å². The van der Waals surface area contributed by atoms with Crippen LogP contribution in [0.3, 0.4) is 0 Å². The molecule has 0 amide bonds. The van der Waals surface area contributed by atoms with E-state index in [1.54, 1.807) is 13.8 Å². The van der Waals surface area contributed by atoms with E-state index in [1.165, 1.54) is 5.57 Å². The highest BCUT2D eigenvalue weighted by atomic mass is 16.6. The molecule has 4 heteroatoms. The Bertz CT molecular complexity index is 633. The van der Waals surface area contributed by atoms with Gasteiger partial charge in [-0.25, -0.2) is 0 Å². The molecular weight excluding hydrogens is 328 g/mol. The lowest BCUT2D eigenvalue weighted by atomic mass is 9.46. The maximum Gasteiger partial charge on any atom is 0.160 e. The summed E-state index contributed by atoms with van der Waals surface area (Å²) in [4.78, 5) is 12.1. The molecule has 0 aromatic rings. The molecule has 146 valence electrons. The number of ketones is 1. The third-order valence-electron chi connectivity index (χ3n) is 8.35. The lowest BCUT2D eigenvalue weighted by Gasteiger charge is -2.60. The summed E-state index contributed by atoms with van der Waals surface area (Å²) in [6, 6.07) is 0. The highest BCUT2D eigenvalue weighted by Gasteiger charge is 2.62. The fraction of sp³-hybridized carbons (Fsp3) is 0.864. The molecule has 2 N–H and O–H groups in total. The van der Waals surface area contributed by atoms with Gasteiger partial charge in [0.05, 0.1) is 12.2 Å². The number of hydrogen-bond donors (Lipinski definition) is 2. The summed E-state index contributed by atoms with van der Waals surface area (Å²) in [6.45, 7) is 7.99. The maximum absolute atomic E-state index is 12.1. The van der Waals surface area contributed by atoms with Crippen LogP contribution in [0.1, 0.15) is 72.6 Å². The largest absolute Gasteiger partial charge is 0.393 e. The Balaban J connectivity index is 1.76. The van der Waals surface area contributed by atoms with Crippen molar-refractivity contribution < 1.29 is 19.7 Å². The number of carbonyl (C=O) groups is 1. The van der Waals surface area contributed by atoms with Crippen molar-refractivity contribution in [3.63, 3.8) is 0 Å². The molecular formula is C22H34O4. The number of hydrogen-bond acceptors (Lipinski definition) is 4. The van der Waals surface area contributed by atoms with E-state index in [2.05, 4.69) is 13.8 Å². The number of rotatable bonds is 2. The second kappa shape index (κ2) is 5.89. The van der Waals surface area contributed by atoms with Gasteiger partial charge in [-0.3, -0.25) is 4.79 Å². The van der Waals surface area contributed by atoms with Crippen molar-refractivity contribution in [2.45, 2.75) is 90.6 Å². The average Bonchev–Trinajstić information content (AvgIpc) is 2.83. The summed E-state index contributed by atoms with van der Waals surface area (Å²) in [6.07, 6.45) is 7.90. The first-order chi connectivity index (χ1) is 12.0. The van der Waals surface area contributed by atoms with Gasteiger partial charge in [0, 0.05) is 6.42 Å². The van der Waals surface area contributed by atoms with Gasteiger partial charge in [-0.1, -0.05) is 19.4 Å². The van der Waals surface area contributed by atoms with Gasteiger partial charge >= 0.3 is 0 Å². The molecule has 0 saturated heterocycles. The molecule has 7 atom stereocenters. The lowest BCUT2D eigenvalue weighted by Crippen LogP contribution is -2.57. The first kappa shape index (κ1) is 18.6.